The maximum atomic E-state index is 9.50. The molecule has 0 aliphatic heterocycles. The van der Waals surface area contributed by atoms with E-state index < -0.39 is 0 Å². The Morgan fingerprint density at radius 1 is 0.889 bits per heavy atom. The summed E-state index contributed by atoms with van der Waals surface area (Å²) in [5.74, 6) is 2.78. The lowest BCUT2D eigenvalue weighted by atomic mass is 9.85. The van der Waals surface area contributed by atoms with Gasteiger partial charge in [-0.3, -0.25) is 4.39 Å². The monoisotopic (exact) mass is 262 g/mol. The van der Waals surface area contributed by atoms with Gasteiger partial charge in [0.05, 0.1) is 7.18 Å². The van der Waals surface area contributed by atoms with Crippen molar-refractivity contribution in [2.75, 3.05) is 7.18 Å². The second-order valence-corrected chi connectivity index (χ2v) is 5.19. The summed E-state index contributed by atoms with van der Waals surface area (Å²) in [7, 11) is 0.500. The smallest absolute Gasteiger partial charge is 0.106 e. The molecule has 0 rings (SSSR count). The maximum absolute atomic E-state index is 9.50. The normalized spacial score (nSPS) is 14.4. The van der Waals surface area contributed by atoms with E-state index >= 15 is 0 Å². The summed E-state index contributed by atoms with van der Waals surface area (Å²) < 4.78 is 9.50. The molecule has 0 aromatic carbocycles. The predicted octanol–water partition coefficient (Wildman–Crippen LogP) is 5.68. The molecule has 1 nitrogen and oxygen atoms in total. The fraction of sp³-hybridized carbons (Fsp3) is 0.938. The van der Waals surface area contributed by atoms with Gasteiger partial charge in [0.1, 0.15) is 6.79 Å². The lowest BCUT2D eigenvalue weighted by molar-refractivity contribution is -0.0979. The summed E-state index contributed by atoms with van der Waals surface area (Å²) in [4.78, 5) is 8.00. The molecule has 0 aliphatic carbocycles. The van der Waals surface area contributed by atoms with Crippen LogP contribution in [0.2, 0.25) is 0 Å². The molecule has 0 saturated heterocycles. The lowest BCUT2D eigenvalue weighted by Gasteiger charge is -2.21. The second-order valence-electron chi connectivity index (χ2n) is 5.19. The number of rotatable bonds is 8. The highest BCUT2D eigenvalue weighted by Gasteiger charge is 2.12. The Kier molecular flexibility index (Phi) is 24.0. The molecule has 0 saturated carbocycles. The van der Waals surface area contributed by atoms with E-state index in [0.717, 1.165) is 17.8 Å². The Labute approximate surface area is 115 Å². The minimum Gasteiger partial charge on any atom is -0.307 e. The van der Waals surface area contributed by atoms with Crippen LogP contribution in [0, 0.1) is 17.8 Å². The number of carbonyl (C=O) groups is 1. The molecule has 0 aliphatic rings. The number of alkyl halides is 1. The second kappa shape index (κ2) is 19.0. The number of carbonyl (C=O) groups excluding carboxylic acids is 1. The van der Waals surface area contributed by atoms with Gasteiger partial charge < -0.3 is 4.79 Å². The highest BCUT2D eigenvalue weighted by Crippen LogP contribution is 2.24. The number of halogens is 1. The first-order valence-electron chi connectivity index (χ1n) is 7.28. The van der Waals surface area contributed by atoms with E-state index in [4.69, 9.17) is 4.79 Å². The average molecular weight is 262 g/mol. The number of unbranched alkanes of at least 4 members (excludes halogenated alkanes) is 1. The van der Waals surface area contributed by atoms with Crippen LogP contribution in [0.25, 0.3) is 0 Å². The van der Waals surface area contributed by atoms with Crippen LogP contribution in [0.5, 0.6) is 0 Å². The summed E-state index contributed by atoms with van der Waals surface area (Å²) in [6, 6.07) is 0. The summed E-state index contributed by atoms with van der Waals surface area (Å²) >= 11 is 0. The SMILES string of the molecule is C=O.CCCCC(C)[C@@H](C)CC[C@H](C)CC.CF. The molecule has 0 aromatic rings. The summed E-state index contributed by atoms with van der Waals surface area (Å²) in [5, 5.41) is 0. The van der Waals surface area contributed by atoms with Crippen molar-refractivity contribution >= 4 is 6.79 Å². The molecule has 18 heavy (non-hydrogen) atoms. The Hall–Kier alpha value is -0.400. The van der Waals surface area contributed by atoms with Gasteiger partial charge in [0.25, 0.3) is 0 Å². The van der Waals surface area contributed by atoms with Crippen molar-refractivity contribution in [1.82, 2.24) is 0 Å². The average Bonchev–Trinajstić information content (AvgIpc) is 2.45. The zero-order valence-corrected chi connectivity index (χ0v) is 13.5. The first kappa shape index (κ1) is 22.8. The van der Waals surface area contributed by atoms with Crippen LogP contribution in [-0.4, -0.2) is 14.0 Å². The highest BCUT2D eigenvalue weighted by atomic mass is 19.1. The Balaban J connectivity index is -0.000000506. The minimum absolute atomic E-state index is 0.500. The predicted molar refractivity (Wildman–Crippen MR) is 80.7 cm³/mol. The third-order valence-corrected chi connectivity index (χ3v) is 3.80. The number of hydrogen-bond donors (Lipinski definition) is 0. The molecular weight excluding hydrogens is 227 g/mol. The van der Waals surface area contributed by atoms with Gasteiger partial charge in [0.2, 0.25) is 0 Å². The maximum Gasteiger partial charge on any atom is 0.106 e. The Bertz CT molecular complexity index is 139. The van der Waals surface area contributed by atoms with E-state index in [1.807, 2.05) is 6.79 Å². The minimum atomic E-state index is 0.500. The quantitative estimate of drug-likeness (QED) is 0.550. The van der Waals surface area contributed by atoms with Crippen molar-refractivity contribution in [2.45, 2.75) is 73.1 Å². The Morgan fingerprint density at radius 3 is 1.72 bits per heavy atom. The third-order valence-electron chi connectivity index (χ3n) is 3.80. The van der Waals surface area contributed by atoms with Gasteiger partial charge in [-0.25, -0.2) is 0 Å². The van der Waals surface area contributed by atoms with Crippen LogP contribution < -0.4 is 0 Å². The van der Waals surface area contributed by atoms with E-state index in [9.17, 15) is 4.39 Å². The lowest BCUT2D eigenvalue weighted by Crippen LogP contribution is -2.09. The van der Waals surface area contributed by atoms with Crippen LogP contribution >= 0.6 is 0 Å². The van der Waals surface area contributed by atoms with Gasteiger partial charge in [-0.15, -0.1) is 0 Å². The molecule has 1 unspecified atom stereocenters. The van der Waals surface area contributed by atoms with E-state index in [2.05, 4.69) is 34.6 Å². The molecule has 112 valence electrons. The fourth-order valence-corrected chi connectivity index (χ4v) is 1.85. The van der Waals surface area contributed by atoms with Crippen LogP contribution in [0.1, 0.15) is 73.1 Å². The van der Waals surface area contributed by atoms with Crippen molar-refractivity contribution < 1.29 is 9.18 Å². The van der Waals surface area contributed by atoms with Crippen LogP contribution in [0.4, 0.5) is 4.39 Å². The van der Waals surface area contributed by atoms with Crippen LogP contribution in [0.15, 0.2) is 0 Å². The van der Waals surface area contributed by atoms with Crippen molar-refractivity contribution in [3.05, 3.63) is 0 Å². The van der Waals surface area contributed by atoms with Crippen LogP contribution in [-0.2, 0) is 4.79 Å². The molecule has 2 heteroatoms. The molecule has 0 spiro atoms. The molecule has 0 bridgehead atoms. The van der Waals surface area contributed by atoms with Crippen molar-refractivity contribution in [1.29, 1.82) is 0 Å². The molecule has 0 fully saturated rings. The highest BCUT2D eigenvalue weighted by molar-refractivity contribution is 5.10. The van der Waals surface area contributed by atoms with Crippen LogP contribution in [0.3, 0.4) is 0 Å². The topological polar surface area (TPSA) is 17.1 Å². The molecule has 3 atom stereocenters. The van der Waals surface area contributed by atoms with Gasteiger partial charge >= 0.3 is 0 Å². The summed E-state index contributed by atoms with van der Waals surface area (Å²) in [6.45, 7) is 13.8. The fourth-order valence-electron chi connectivity index (χ4n) is 1.85. The van der Waals surface area contributed by atoms with Crippen molar-refractivity contribution in [3.63, 3.8) is 0 Å². The molecule has 0 aromatic heterocycles. The van der Waals surface area contributed by atoms with E-state index in [1.165, 1.54) is 38.5 Å². The molecule has 0 radical (unpaired) electrons. The van der Waals surface area contributed by atoms with Gasteiger partial charge in [-0.1, -0.05) is 73.1 Å². The standard InChI is InChI=1S/C14H30.CH3F.CH2O/c1-6-8-9-13(4)14(5)11-10-12(3)7-2;2*1-2/h12-14H,6-11H2,1-5H3;1H3;1H2/t12-,13?,14+;;/m1../s1. The molecule has 0 N–H and O–H groups in total. The summed E-state index contributed by atoms with van der Waals surface area (Å²) in [6.07, 6.45) is 8.39. The van der Waals surface area contributed by atoms with Gasteiger partial charge in [0.15, 0.2) is 0 Å². The van der Waals surface area contributed by atoms with Gasteiger partial charge in [0, 0.05) is 0 Å². The van der Waals surface area contributed by atoms with Gasteiger partial charge in [-0.2, -0.15) is 0 Å². The van der Waals surface area contributed by atoms with Crippen molar-refractivity contribution in [2.24, 2.45) is 17.8 Å². The zero-order valence-electron chi connectivity index (χ0n) is 13.5. The largest absolute Gasteiger partial charge is 0.307 e. The third kappa shape index (κ3) is 15.6. The molecule has 0 amide bonds. The Morgan fingerprint density at radius 2 is 1.33 bits per heavy atom. The van der Waals surface area contributed by atoms with E-state index in [0.29, 0.717) is 7.18 Å². The molecule has 0 heterocycles. The van der Waals surface area contributed by atoms with E-state index in [-0.39, 0.29) is 0 Å². The zero-order chi connectivity index (χ0) is 15.0. The van der Waals surface area contributed by atoms with Crippen molar-refractivity contribution in [3.8, 4) is 0 Å². The molecular formula is C16H35FO. The van der Waals surface area contributed by atoms with E-state index in [1.54, 1.807) is 0 Å². The first-order chi connectivity index (χ1) is 8.61. The first-order valence-corrected chi connectivity index (χ1v) is 7.28. The number of hydrogen-bond acceptors (Lipinski definition) is 1. The summed E-state index contributed by atoms with van der Waals surface area (Å²) in [5.41, 5.74) is 0. The van der Waals surface area contributed by atoms with Gasteiger partial charge in [-0.05, 0) is 17.8 Å².